The Bertz CT molecular complexity index is 413. The van der Waals surface area contributed by atoms with E-state index in [9.17, 15) is 0 Å². The molecule has 0 aliphatic heterocycles. The Morgan fingerprint density at radius 2 is 1.89 bits per heavy atom. The summed E-state index contributed by atoms with van der Waals surface area (Å²) in [6, 6.07) is 3.62. The number of aromatic nitrogens is 1. The van der Waals surface area contributed by atoms with E-state index in [1.165, 1.54) is 6.42 Å². The molecule has 1 heterocycles. The highest BCUT2D eigenvalue weighted by Crippen LogP contribution is 2.31. The van der Waals surface area contributed by atoms with E-state index in [0.717, 1.165) is 12.8 Å². The van der Waals surface area contributed by atoms with Crippen LogP contribution in [0.5, 0.6) is 11.8 Å². The fourth-order valence-corrected chi connectivity index (χ4v) is 2.89. The minimum absolute atomic E-state index is 0.254. The van der Waals surface area contributed by atoms with Gasteiger partial charge in [0, 0.05) is 6.07 Å². The zero-order valence-corrected chi connectivity index (χ0v) is 12.1. The second kappa shape index (κ2) is 6.13. The Kier molecular flexibility index (Phi) is 4.51. The Morgan fingerprint density at radius 3 is 2.53 bits per heavy atom. The van der Waals surface area contributed by atoms with Gasteiger partial charge in [-0.3, -0.25) is 0 Å². The highest BCUT2D eigenvalue weighted by Gasteiger charge is 2.25. The number of nitrogen functional groups attached to an aromatic ring is 1. The summed E-state index contributed by atoms with van der Waals surface area (Å²) in [7, 11) is 0. The number of rotatable bonds is 4. The number of hydrogen-bond donors (Lipinski definition) is 1. The van der Waals surface area contributed by atoms with Crippen molar-refractivity contribution in [3.63, 3.8) is 0 Å². The van der Waals surface area contributed by atoms with Crippen LogP contribution in [0.4, 0.5) is 5.69 Å². The standard InChI is InChI=1S/C15H24N2O2/c1-4-18-15-13(16)5-6-14(17-15)19-12-8-10(2)7-11(3)9-12/h5-6,10-12H,4,7-9,16H2,1-3H3. The summed E-state index contributed by atoms with van der Waals surface area (Å²) in [6.07, 6.45) is 3.74. The topological polar surface area (TPSA) is 57.4 Å². The smallest absolute Gasteiger partial charge is 0.240 e. The third-order valence-electron chi connectivity index (χ3n) is 3.57. The van der Waals surface area contributed by atoms with Gasteiger partial charge in [-0.1, -0.05) is 13.8 Å². The Hall–Kier alpha value is -1.45. The van der Waals surface area contributed by atoms with Crippen LogP contribution < -0.4 is 15.2 Å². The van der Waals surface area contributed by atoms with Gasteiger partial charge < -0.3 is 15.2 Å². The second-order valence-corrected chi connectivity index (χ2v) is 5.63. The van der Waals surface area contributed by atoms with Gasteiger partial charge in [-0.25, -0.2) is 0 Å². The molecular formula is C15H24N2O2. The van der Waals surface area contributed by atoms with Crippen molar-refractivity contribution in [1.29, 1.82) is 0 Å². The first-order valence-corrected chi connectivity index (χ1v) is 7.14. The summed E-state index contributed by atoms with van der Waals surface area (Å²) in [5.74, 6) is 2.52. The molecular weight excluding hydrogens is 240 g/mol. The van der Waals surface area contributed by atoms with Crippen molar-refractivity contribution in [1.82, 2.24) is 4.98 Å². The molecule has 0 radical (unpaired) electrons. The lowest BCUT2D eigenvalue weighted by atomic mass is 9.82. The monoisotopic (exact) mass is 264 g/mol. The largest absolute Gasteiger partial charge is 0.476 e. The van der Waals surface area contributed by atoms with E-state index in [1.54, 1.807) is 6.07 Å². The molecule has 0 amide bonds. The van der Waals surface area contributed by atoms with Gasteiger partial charge in [0.25, 0.3) is 0 Å². The number of pyridine rings is 1. The summed E-state index contributed by atoms with van der Waals surface area (Å²) in [6.45, 7) is 7.04. The van der Waals surface area contributed by atoms with Gasteiger partial charge >= 0.3 is 0 Å². The zero-order chi connectivity index (χ0) is 13.8. The molecule has 0 saturated heterocycles. The van der Waals surface area contributed by atoms with Crippen molar-refractivity contribution in [2.45, 2.75) is 46.1 Å². The number of hydrogen-bond acceptors (Lipinski definition) is 4. The summed E-state index contributed by atoms with van der Waals surface area (Å²) in [5.41, 5.74) is 6.36. The molecule has 4 nitrogen and oxygen atoms in total. The van der Waals surface area contributed by atoms with Gasteiger partial charge in [-0.05, 0) is 44.1 Å². The Labute approximate surface area is 115 Å². The molecule has 1 saturated carbocycles. The van der Waals surface area contributed by atoms with Crippen LogP contribution in [0.1, 0.15) is 40.0 Å². The van der Waals surface area contributed by atoms with E-state index < -0.39 is 0 Å². The van der Waals surface area contributed by atoms with Crippen LogP contribution in [0.15, 0.2) is 12.1 Å². The Balaban J connectivity index is 2.04. The summed E-state index contributed by atoms with van der Waals surface area (Å²) >= 11 is 0. The van der Waals surface area contributed by atoms with Crippen molar-refractivity contribution in [2.24, 2.45) is 11.8 Å². The molecule has 1 aliphatic rings. The van der Waals surface area contributed by atoms with Crippen molar-refractivity contribution >= 4 is 5.69 Å². The fraction of sp³-hybridized carbons (Fsp3) is 0.667. The predicted molar refractivity (Wildman–Crippen MR) is 76.4 cm³/mol. The van der Waals surface area contributed by atoms with Crippen molar-refractivity contribution in [2.75, 3.05) is 12.3 Å². The normalized spacial score (nSPS) is 27.0. The van der Waals surface area contributed by atoms with Crippen LogP contribution in [0.2, 0.25) is 0 Å². The van der Waals surface area contributed by atoms with E-state index in [-0.39, 0.29) is 6.10 Å². The van der Waals surface area contributed by atoms with Crippen molar-refractivity contribution in [3.8, 4) is 11.8 Å². The molecule has 2 N–H and O–H groups in total. The van der Waals surface area contributed by atoms with Gasteiger partial charge in [-0.15, -0.1) is 0 Å². The molecule has 106 valence electrons. The van der Waals surface area contributed by atoms with Crippen LogP contribution >= 0.6 is 0 Å². The van der Waals surface area contributed by atoms with Gasteiger partial charge in [0.05, 0.1) is 12.3 Å². The number of ether oxygens (including phenoxy) is 2. The maximum Gasteiger partial charge on any atom is 0.240 e. The Morgan fingerprint density at radius 1 is 1.21 bits per heavy atom. The summed E-state index contributed by atoms with van der Waals surface area (Å²) < 4.78 is 11.4. The minimum Gasteiger partial charge on any atom is -0.476 e. The fourth-order valence-electron chi connectivity index (χ4n) is 2.89. The number of nitrogens with zero attached hydrogens (tertiary/aromatic N) is 1. The molecule has 1 aromatic rings. The lowest BCUT2D eigenvalue weighted by molar-refractivity contribution is 0.0959. The quantitative estimate of drug-likeness (QED) is 0.906. The molecule has 0 bridgehead atoms. The summed E-state index contributed by atoms with van der Waals surface area (Å²) in [4.78, 5) is 4.34. The third-order valence-corrected chi connectivity index (χ3v) is 3.57. The average Bonchev–Trinajstić information content (AvgIpc) is 2.32. The molecule has 1 aliphatic carbocycles. The van der Waals surface area contributed by atoms with E-state index >= 15 is 0 Å². The van der Waals surface area contributed by atoms with Gasteiger partial charge in [0.1, 0.15) is 6.10 Å². The van der Waals surface area contributed by atoms with Crippen molar-refractivity contribution < 1.29 is 9.47 Å². The molecule has 0 aromatic carbocycles. The van der Waals surface area contributed by atoms with Crippen LogP contribution in [0.3, 0.4) is 0 Å². The first-order chi connectivity index (χ1) is 9.08. The first kappa shape index (κ1) is 14.0. The van der Waals surface area contributed by atoms with E-state index in [2.05, 4.69) is 18.8 Å². The molecule has 1 fully saturated rings. The van der Waals surface area contributed by atoms with Crippen LogP contribution in [0, 0.1) is 11.8 Å². The average molecular weight is 264 g/mol. The number of anilines is 1. The van der Waals surface area contributed by atoms with Crippen LogP contribution in [0.25, 0.3) is 0 Å². The molecule has 19 heavy (non-hydrogen) atoms. The highest BCUT2D eigenvalue weighted by molar-refractivity contribution is 5.49. The second-order valence-electron chi connectivity index (χ2n) is 5.63. The maximum absolute atomic E-state index is 5.99. The van der Waals surface area contributed by atoms with E-state index in [4.69, 9.17) is 15.2 Å². The molecule has 2 atom stereocenters. The van der Waals surface area contributed by atoms with Gasteiger partial charge in [-0.2, -0.15) is 4.98 Å². The summed E-state index contributed by atoms with van der Waals surface area (Å²) in [5, 5.41) is 0. The van der Waals surface area contributed by atoms with Crippen LogP contribution in [-0.2, 0) is 0 Å². The minimum atomic E-state index is 0.254. The predicted octanol–water partition coefficient (Wildman–Crippen LogP) is 3.27. The number of nitrogens with two attached hydrogens (primary N) is 1. The zero-order valence-electron chi connectivity index (χ0n) is 12.1. The molecule has 2 rings (SSSR count). The van der Waals surface area contributed by atoms with Crippen LogP contribution in [-0.4, -0.2) is 17.7 Å². The van der Waals surface area contributed by atoms with Gasteiger partial charge in [0.2, 0.25) is 11.8 Å². The highest BCUT2D eigenvalue weighted by atomic mass is 16.5. The van der Waals surface area contributed by atoms with E-state index in [1.807, 2.05) is 13.0 Å². The lowest BCUT2D eigenvalue weighted by Gasteiger charge is -2.31. The molecule has 1 aromatic heterocycles. The van der Waals surface area contributed by atoms with Gasteiger partial charge in [0.15, 0.2) is 0 Å². The van der Waals surface area contributed by atoms with Crippen molar-refractivity contribution in [3.05, 3.63) is 12.1 Å². The maximum atomic E-state index is 5.99. The first-order valence-electron chi connectivity index (χ1n) is 7.14. The van der Waals surface area contributed by atoms with E-state index in [0.29, 0.717) is 35.9 Å². The third kappa shape index (κ3) is 3.75. The SMILES string of the molecule is CCOc1nc(OC2CC(C)CC(C)C2)ccc1N. The molecule has 2 unspecified atom stereocenters. The molecule has 0 spiro atoms. The molecule has 4 heteroatoms. The lowest BCUT2D eigenvalue weighted by Crippen LogP contribution is -2.28.